The van der Waals surface area contributed by atoms with Crippen LogP contribution in [0.25, 0.3) is 20.4 Å². The monoisotopic (exact) mass is 494 g/mol. The van der Waals surface area contributed by atoms with E-state index in [1.165, 1.54) is 22.7 Å². The normalized spacial score (nSPS) is 11.4. The molecule has 3 N–H and O–H groups in total. The summed E-state index contributed by atoms with van der Waals surface area (Å²) in [7, 11) is 0. The third-order valence-electron chi connectivity index (χ3n) is 4.10. The van der Waals surface area contributed by atoms with E-state index in [1.807, 2.05) is 26.8 Å². The van der Waals surface area contributed by atoms with Crippen molar-refractivity contribution in [2.75, 3.05) is 11.1 Å². The maximum Gasteiger partial charge on any atom is 0.269 e. The van der Waals surface area contributed by atoms with E-state index >= 15 is 0 Å². The van der Waals surface area contributed by atoms with Crippen molar-refractivity contribution in [2.24, 2.45) is 0 Å². The van der Waals surface area contributed by atoms with Crippen molar-refractivity contribution in [3.05, 3.63) is 43.5 Å². The molecular formula is C18H15IN4OS2. The van der Waals surface area contributed by atoms with Crippen LogP contribution in [0.5, 0.6) is 0 Å². The molecule has 0 radical (unpaired) electrons. The lowest BCUT2D eigenvalue weighted by Crippen LogP contribution is -2.11. The number of anilines is 2. The largest absolute Gasteiger partial charge is 0.397 e. The van der Waals surface area contributed by atoms with Crippen LogP contribution in [0.15, 0.2) is 18.2 Å². The highest BCUT2D eigenvalue weighted by Crippen LogP contribution is 2.36. The first kappa shape index (κ1) is 17.6. The lowest BCUT2D eigenvalue weighted by atomic mass is 10.1. The Balaban J connectivity index is 1.73. The Labute approximate surface area is 171 Å². The van der Waals surface area contributed by atoms with Gasteiger partial charge in [0.15, 0.2) is 5.13 Å². The second kappa shape index (κ2) is 6.43. The van der Waals surface area contributed by atoms with Crippen molar-refractivity contribution in [2.45, 2.75) is 20.8 Å². The third-order valence-corrected chi connectivity index (χ3v) is 6.74. The fourth-order valence-corrected chi connectivity index (χ4v) is 6.08. The molecule has 4 rings (SSSR count). The highest BCUT2D eigenvalue weighted by Gasteiger charge is 2.20. The van der Waals surface area contributed by atoms with Crippen LogP contribution in [0.4, 0.5) is 10.8 Å². The number of fused-ring (bicyclic) bond motifs is 2. The van der Waals surface area contributed by atoms with E-state index < -0.39 is 0 Å². The summed E-state index contributed by atoms with van der Waals surface area (Å²) in [6, 6.07) is 6.13. The molecule has 0 unspecified atom stereocenters. The average molecular weight is 494 g/mol. The number of hydrogen-bond acceptors (Lipinski definition) is 6. The molecule has 132 valence electrons. The minimum atomic E-state index is -0.242. The summed E-state index contributed by atoms with van der Waals surface area (Å²) in [5, 5.41) is 4.34. The fourth-order valence-electron chi connectivity index (χ4n) is 3.00. The van der Waals surface area contributed by atoms with Gasteiger partial charge in [0, 0.05) is 14.7 Å². The molecule has 0 atom stereocenters. The van der Waals surface area contributed by atoms with Crippen LogP contribution in [0, 0.1) is 24.3 Å². The molecule has 0 aliphatic carbocycles. The number of halogens is 1. The Morgan fingerprint density at radius 3 is 2.65 bits per heavy atom. The van der Waals surface area contributed by atoms with E-state index in [0.29, 0.717) is 15.7 Å². The number of thiophene rings is 1. The number of carbonyl (C=O) groups excluding carboxylic acids is 1. The number of aryl methyl sites for hydroxylation is 3. The van der Waals surface area contributed by atoms with E-state index in [-0.39, 0.29) is 5.91 Å². The van der Waals surface area contributed by atoms with Crippen LogP contribution in [-0.4, -0.2) is 15.9 Å². The predicted octanol–water partition coefficient (Wildman–Crippen LogP) is 5.27. The minimum absolute atomic E-state index is 0.242. The molecule has 3 aromatic heterocycles. The SMILES string of the molecule is Cc1cc(C)c2c(N)c(C(=O)Nc3nc4c(C)cc(I)cc4s3)sc2n1. The number of rotatable bonds is 2. The van der Waals surface area contributed by atoms with Crippen LogP contribution in [0.2, 0.25) is 0 Å². The molecule has 1 amide bonds. The van der Waals surface area contributed by atoms with Gasteiger partial charge >= 0.3 is 0 Å². The van der Waals surface area contributed by atoms with E-state index in [1.54, 1.807) is 0 Å². The number of nitrogen functional groups attached to an aromatic ring is 1. The van der Waals surface area contributed by atoms with Gasteiger partial charge in [0.1, 0.15) is 9.71 Å². The van der Waals surface area contributed by atoms with Gasteiger partial charge in [-0.05, 0) is 72.7 Å². The number of hydrogen-bond donors (Lipinski definition) is 2. The first-order valence-electron chi connectivity index (χ1n) is 7.87. The first-order chi connectivity index (χ1) is 12.3. The standard InChI is InChI=1S/C18H15IN4OS2/c1-7-4-9(3)21-17-12(7)13(20)15(26-17)16(24)23-18-22-14-8(2)5-10(19)6-11(14)25-18/h4-6H,20H2,1-3H3,(H,22,23,24). The van der Waals surface area contributed by atoms with Crippen molar-refractivity contribution >= 4 is 82.4 Å². The van der Waals surface area contributed by atoms with Crippen molar-refractivity contribution in [3.63, 3.8) is 0 Å². The molecule has 0 fully saturated rings. The number of thiazole rings is 1. The topological polar surface area (TPSA) is 80.9 Å². The molecule has 3 heterocycles. The van der Waals surface area contributed by atoms with Crippen LogP contribution in [0.1, 0.15) is 26.5 Å². The van der Waals surface area contributed by atoms with Gasteiger partial charge in [0.2, 0.25) is 0 Å². The Morgan fingerprint density at radius 2 is 1.88 bits per heavy atom. The molecule has 0 bridgehead atoms. The summed E-state index contributed by atoms with van der Waals surface area (Å²) < 4.78 is 2.21. The molecule has 0 aliphatic heterocycles. The van der Waals surface area contributed by atoms with Crippen molar-refractivity contribution in [1.82, 2.24) is 9.97 Å². The molecule has 0 saturated heterocycles. The second-order valence-electron chi connectivity index (χ2n) is 6.15. The Bertz CT molecular complexity index is 1200. The van der Waals surface area contributed by atoms with Crippen molar-refractivity contribution < 1.29 is 4.79 Å². The van der Waals surface area contributed by atoms with Crippen LogP contribution >= 0.6 is 45.3 Å². The highest BCUT2D eigenvalue weighted by atomic mass is 127. The van der Waals surface area contributed by atoms with Gasteiger partial charge in [-0.3, -0.25) is 10.1 Å². The number of benzene rings is 1. The summed E-state index contributed by atoms with van der Waals surface area (Å²) >= 11 is 5.07. The van der Waals surface area contributed by atoms with Gasteiger partial charge in [0.05, 0.1) is 15.9 Å². The number of carbonyl (C=O) groups is 1. The van der Waals surface area contributed by atoms with Gasteiger partial charge < -0.3 is 5.73 Å². The summed E-state index contributed by atoms with van der Waals surface area (Å²) in [6.45, 7) is 5.95. The number of amides is 1. The van der Waals surface area contributed by atoms with Crippen molar-refractivity contribution in [1.29, 1.82) is 0 Å². The summed E-state index contributed by atoms with van der Waals surface area (Å²) in [4.78, 5) is 23.1. The zero-order valence-corrected chi connectivity index (χ0v) is 18.1. The highest BCUT2D eigenvalue weighted by molar-refractivity contribution is 14.1. The Kier molecular flexibility index (Phi) is 4.36. The minimum Gasteiger partial charge on any atom is -0.397 e. The number of aromatic nitrogens is 2. The van der Waals surface area contributed by atoms with Gasteiger partial charge in [-0.2, -0.15) is 0 Å². The zero-order valence-electron chi connectivity index (χ0n) is 14.3. The van der Waals surface area contributed by atoms with Gasteiger partial charge in [-0.15, -0.1) is 11.3 Å². The van der Waals surface area contributed by atoms with Gasteiger partial charge in [0.25, 0.3) is 5.91 Å². The van der Waals surface area contributed by atoms with E-state index in [9.17, 15) is 4.79 Å². The molecule has 0 aliphatic rings. The molecule has 1 aromatic carbocycles. The summed E-state index contributed by atoms with van der Waals surface area (Å²) in [6.07, 6.45) is 0. The van der Waals surface area contributed by atoms with Gasteiger partial charge in [-0.1, -0.05) is 11.3 Å². The zero-order chi connectivity index (χ0) is 18.6. The quantitative estimate of drug-likeness (QED) is 0.372. The molecule has 4 aromatic rings. The maximum atomic E-state index is 12.8. The van der Waals surface area contributed by atoms with E-state index in [0.717, 1.165) is 40.8 Å². The van der Waals surface area contributed by atoms with Crippen LogP contribution in [-0.2, 0) is 0 Å². The number of nitrogens with zero attached hydrogens (tertiary/aromatic N) is 2. The number of nitrogens with two attached hydrogens (primary N) is 1. The molecule has 26 heavy (non-hydrogen) atoms. The number of pyridine rings is 1. The molecular weight excluding hydrogens is 479 g/mol. The summed E-state index contributed by atoms with van der Waals surface area (Å²) in [5.74, 6) is -0.242. The summed E-state index contributed by atoms with van der Waals surface area (Å²) in [5.41, 5.74) is 10.7. The maximum absolute atomic E-state index is 12.8. The molecule has 0 spiro atoms. The van der Waals surface area contributed by atoms with E-state index in [4.69, 9.17) is 5.73 Å². The van der Waals surface area contributed by atoms with E-state index in [2.05, 4.69) is 50.0 Å². The smallest absolute Gasteiger partial charge is 0.269 e. The first-order valence-corrected chi connectivity index (χ1v) is 10.6. The lowest BCUT2D eigenvalue weighted by molar-refractivity contribution is 0.103. The molecule has 0 saturated carbocycles. The van der Waals surface area contributed by atoms with Crippen LogP contribution < -0.4 is 11.1 Å². The molecule has 8 heteroatoms. The number of nitrogens with one attached hydrogen (secondary N) is 1. The van der Waals surface area contributed by atoms with Crippen molar-refractivity contribution in [3.8, 4) is 0 Å². The second-order valence-corrected chi connectivity index (χ2v) is 9.42. The fraction of sp³-hybridized carbons (Fsp3) is 0.167. The van der Waals surface area contributed by atoms with Gasteiger partial charge in [-0.25, -0.2) is 9.97 Å². The average Bonchev–Trinajstić information content (AvgIpc) is 3.08. The Morgan fingerprint density at radius 1 is 1.12 bits per heavy atom. The third kappa shape index (κ3) is 2.95. The lowest BCUT2D eigenvalue weighted by Gasteiger charge is -2.01. The Hall–Kier alpha value is -1.78. The van der Waals surface area contributed by atoms with Crippen LogP contribution in [0.3, 0.4) is 0 Å². The molecule has 5 nitrogen and oxygen atoms in total. The predicted molar refractivity (Wildman–Crippen MR) is 119 cm³/mol.